The molecule has 8 heavy (non-hydrogen) atoms. The molecular formula is C5H7ClO2. The Kier molecular flexibility index (Phi) is 4.36. The highest BCUT2D eigenvalue weighted by molar-refractivity contribution is 6.66. The van der Waals surface area contributed by atoms with Gasteiger partial charge in [0.25, 0.3) is 0 Å². The number of rotatable bonds is 3. The molecule has 0 rings (SSSR count). The van der Waals surface area contributed by atoms with Gasteiger partial charge in [0, 0.05) is 6.08 Å². The molecule has 0 fully saturated rings. The van der Waals surface area contributed by atoms with Crippen LogP contribution in [0.25, 0.3) is 0 Å². The summed E-state index contributed by atoms with van der Waals surface area (Å²) < 4.78 is 4.66. The van der Waals surface area contributed by atoms with Crippen LogP contribution in [0.2, 0.25) is 0 Å². The van der Waals surface area contributed by atoms with Crippen molar-refractivity contribution in [3.05, 3.63) is 12.3 Å². The monoisotopic (exact) mass is 134 g/mol. The van der Waals surface area contributed by atoms with Crippen molar-refractivity contribution < 1.29 is 9.53 Å². The molecule has 2 nitrogen and oxygen atoms in total. The van der Waals surface area contributed by atoms with Gasteiger partial charge in [0.2, 0.25) is 5.24 Å². The SMILES string of the molecule is CCO/C=C\C(=O)Cl. The third-order valence-corrected chi connectivity index (χ3v) is 0.588. The summed E-state index contributed by atoms with van der Waals surface area (Å²) in [6, 6.07) is 0. The first-order valence-corrected chi connectivity index (χ1v) is 2.62. The van der Waals surface area contributed by atoms with Crippen molar-refractivity contribution in [3.63, 3.8) is 0 Å². The van der Waals surface area contributed by atoms with Gasteiger partial charge in [-0.2, -0.15) is 0 Å². The van der Waals surface area contributed by atoms with E-state index in [1.54, 1.807) is 0 Å². The fraction of sp³-hybridized carbons (Fsp3) is 0.400. The van der Waals surface area contributed by atoms with E-state index in [-0.39, 0.29) is 0 Å². The van der Waals surface area contributed by atoms with Gasteiger partial charge in [-0.05, 0) is 18.5 Å². The van der Waals surface area contributed by atoms with Gasteiger partial charge in [0.15, 0.2) is 0 Å². The van der Waals surface area contributed by atoms with E-state index in [2.05, 4.69) is 4.74 Å². The summed E-state index contributed by atoms with van der Waals surface area (Å²) >= 11 is 4.91. The largest absolute Gasteiger partial charge is 0.501 e. The summed E-state index contributed by atoms with van der Waals surface area (Å²) in [5.74, 6) is 0. The average molecular weight is 135 g/mol. The van der Waals surface area contributed by atoms with Crippen molar-refractivity contribution in [2.75, 3.05) is 6.61 Å². The summed E-state index contributed by atoms with van der Waals surface area (Å²) in [4.78, 5) is 9.92. The molecule has 0 N–H and O–H groups in total. The Labute approximate surface area is 53.1 Å². The maximum Gasteiger partial charge on any atom is 0.248 e. The predicted molar refractivity (Wildman–Crippen MR) is 31.6 cm³/mol. The lowest BCUT2D eigenvalue weighted by atomic mass is 10.7. The highest BCUT2D eigenvalue weighted by Crippen LogP contribution is 1.82. The van der Waals surface area contributed by atoms with Gasteiger partial charge in [-0.1, -0.05) is 0 Å². The van der Waals surface area contributed by atoms with Crippen LogP contribution in [0, 0.1) is 0 Å². The van der Waals surface area contributed by atoms with Crippen LogP contribution >= 0.6 is 11.6 Å². The molecule has 0 heterocycles. The van der Waals surface area contributed by atoms with E-state index < -0.39 is 5.24 Å². The van der Waals surface area contributed by atoms with E-state index in [0.717, 1.165) is 6.08 Å². The minimum absolute atomic E-state index is 0.515. The summed E-state index contributed by atoms with van der Waals surface area (Å²) in [6.45, 7) is 2.38. The number of ether oxygens (including phenoxy) is 1. The Bertz CT molecular complexity index is 98.6. The zero-order chi connectivity index (χ0) is 6.41. The molecule has 0 aliphatic heterocycles. The molecule has 0 aromatic carbocycles. The van der Waals surface area contributed by atoms with E-state index in [0.29, 0.717) is 6.61 Å². The first-order valence-electron chi connectivity index (χ1n) is 2.25. The lowest BCUT2D eigenvalue weighted by Gasteiger charge is -1.87. The van der Waals surface area contributed by atoms with E-state index in [9.17, 15) is 4.79 Å². The minimum atomic E-state index is -0.515. The van der Waals surface area contributed by atoms with Gasteiger partial charge >= 0.3 is 0 Å². The Hall–Kier alpha value is -0.500. The zero-order valence-electron chi connectivity index (χ0n) is 4.56. The third kappa shape index (κ3) is 5.50. The Morgan fingerprint density at radius 2 is 2.50 bits per heavy atom. The molecular weight excluding hydrogens is 128 g/mol. The molecule has 0 aromatic rings. The molecule has 0 aliphatic rings. The molecule has 0 saturated carbocycles. The van der Waals surface area contributed by atoms with Crippen LogP contribution in [0.3, 0.4) is 0 Å². The fourth-order valence-corrected chi connectivity index (χ4v) is 0.249. The van der Waals surface area contributed by atoms with Crippen molar-refractivity contribution in [2.45, 2.75) is 6.92 Å². The second-order valence-electron chi connectivity index (χ2n) is 1.06. The fourth-order valence-electron chi connectivity index (χ4n) is 0.198. The average Bonchev–Trinajstić information content (AvgIpc) is 1.66. The zero-order valence-corrected chi connectivity index (χ0v) is 5.31. The van der Waals surface area contributed by atoms with E-state index in [1.165, 1.54) is 6.26 Å². The van der Waals surface area contributed by atoms with Crippen molar-refractivity contribution in [2.24, 2.45) is 0 Å². The predicted octanol–water partition coefficient (Wildman–Crippen LogP) is 1.30. The molecule has 0 bridgehead atoms. The summed E-state index contributed by atoms with van der Waals surface area (Å²) in [5, 5.41) is -0.515. The van der Waals surface area contributed by atoms with E-state index in [1.807, 2.05) is 6.92 Å². The molecule has 0 unspecified atom stereocenters. The van der Waals surface area contributed by atoms with Crippen LogP contribution in [0.5, 0.6) is 0 Å². The van der Waals surface area contributed by atoms with Crippen LogP contribution in [0.1, 0.15) is 6.92 Å². The highest BCUT2D eigenvalue weighted by atomic mass is 35.5. The number of halogens is 1. The first kappa shape index (κ1) is 7.50. The van der Waals surface area contributed by atoms with E-state index >= 15 is 0 Å². The first-order chi connectivity index (χ1) is 3.77. The Morgan fingerprint density at radius 1 is 1.88 bits per heavy atom. The van der Waals surface area contributed by atoms with Crippen LogP contribution in [-0.2, 0) is 9.53 Å². The van der Waals surface area contributed by atoms with Gasteiger partial charge in [-0.25, -0.2) is 0 Å². The quantitative estimate of drug-likeness (QED) is 0.331. The van der Waals surface area contributed by atoms with Gasteiger partial charge < -0.3 is 4.74 Å². The van der Waals surface area contributed by atoms with E-state index in [4.69, 9.17) is 11.6 Å². The molecule has 46 valence electrons. The van der Waals surface area contributed by atoms with Crippen molar-refractivity contribution in [3.8, 4) is 0 Å². The topological polar surface area (TPSA) is 26.3 Å². The maximum absolute atomic E-state index is 9.92. The standard InChI is InChI=1S/C5H7ClO2/c1-2-8-4-3-5(6)7/h3-4H,2H2,1H3/b4-3-. The van der Waals surface area contributed by atoms with Crippen molar-refractivity contribution in [1.82, 2.24) is 0 Å². The highest BCUT2D eigenvalue weighted by Gasteiger charge is 1.81. The summed E-state index contributed by atoms with van der Waals surface area (Å²) in [5.41, 5.74) is 0. The van der Waals surface area contributed by atoms with Crippen LogP contribution in [-0.4, -0.2) is 11.8 Å². The second-order valence-corrected chi connectivity index (χ2v) is 1.43. The van der Waals surface area contributed by atoms with Crippen LogP contribution in [0.15, 0.2) is 12.3 Å². The summed E-state index contributed by atoms with van der Waals surface area (Å²) in [6.07, 6.45) is 2.43. The second kappa shape index (κ2) is 4.65. The molecule has 0 radical (unpaired) electrons. The normalized spacial score (nSPS) is 9.75. The molecule has 3 heteroatoms. The van der Waals surface area contributed by atoms with Gasteiger partial charge in [-0.15, -0.1) is 0 Å². The molecule has 0 aliphatic carbocycles. The number of hydrogen-bond donors (Lipinski definition) is 0. The maximum atomic E-state index is 9.92. The minimum Gasteiger partial charge on any atom is -0.501 e. The van der Waals surface area contributed by atoms with Gasteiger partial charge in [0.05, 0.1) is 12.9 Å². The molecule has 0 amide bonds. The van der Waals surface area contributed by atoms with Crippen molar-refractivity contribution in [1.29, 1.82) is 0 Å². The van der Waals surface area contributed by atoms with Crippen molar-refractivity contribution >= 4 is 16.8 Å². The number of carbonyl (C=O) groups is 1. The van der Waals surface area contributed by atoms with Crippen LogP contribution in [0.4, 0.5) is 0 Å². The third-order valence-electron chi connectivity index (χ3n) is 0.462. The lowest BCUT2D eigenvalue weighted by molar-refractivity contribution is -0.107. The molecule has 0 atom stereocenters. The Morgan fingerprint density at radius 3 is 2.88 bits per heavy atom. The molecule has 0 saturated heterocycles. The number of allylic oxidation sites excluding steroid dienone is 1. The summed E-state index contributed by atoms with van der Waals surface area (Å²) in [7, 11) is 0. The number of hydrogen-bond acceptors (Lipinski definition) is 2. The molecule has 0 aromatic heterocycles. The Balaban J connectivity index is 3.20. The smallest absolute Gasteiger partial charge is 0.248 e. The number of carbonyl (C=O) groups excluding carboxylic acids is 1. The van der Waals surface area contributed by atoms with Gasteiger partial charge in [-0.3, -0.25) is 4.79 Å². The van der Waals surface area contributed by atoms with Crippen LogP contribution < -0.4 is 0 Å². The molecule has 0 spiro atoms. The van der Waals surface area contributed by atoms with Gasteiger partial charge in [0.1, 0.15) is 0 Å². The lowest BCUT2D eigenvalue weighted by Crippen LogP contribution is -1.79.